The summed E-state index contributed by atoms with van der Waals surface area (Å²) in [4.78, 5) is 30.6. The molecule has 7 heteroatoms. The second-order valence-corrected chi connectivity index (χ2v) is 10.4. The molecule has 1 aliphatic carbocycles. The number of hydrogen-bond donors (Lipinski definition) is 1. The Morgan fingerprint density at radius 1 is 0.711 bits per heavy atom. The van der Waals surface area contributed by atoms with Crippen molar-refractivity contribution in [2.24, 2.45) is 0 Å². The molecule has 1 heterocycles. The SMILES string of the molecule is O=C(Nc1ccc(N2CCN(C(=O)C3c4ccccc4-c4ccccc43)CC2)cc1)c1ccc(Cl)c(Cl)c1. The molecule has 1 saturated heterocycles. The van der Waals surface area contributed by atoms with E-state index in [2.05, 4.69) is 34.5 Å². The number of halogens is 2. The van der Waals surface area contributed by atoms with Crippen LogP contribution in [0.2, 0.25) is 10.0 Å². The van der Waals surface area contributed by atoms with Crippen LogP contribution in [0.5, 0.6) is 0 Å². The first-order valence-corrected chi connectivity index (χ1v) is 13.3. The molecule has 1 aliphatic heterocycles. The summed E-state index contributed by atoms with van der Waals surface area (Å²) in [6.45, 7) is 2.82. The fourth-order valence-electron chi connectivity index (χ4n) is 5.39. The molecule has 190 valence electrons. The smallest absolute Gasteiger partial charge is 0.255 e. The molecule has 0 saturated carbocycles. The van der Waals surface area contributed by atoms with Gasteiger partial charge in [0.05, 0.1) is 16.0 Å². The molecule has 0 spiro atoms. The second kappa shape index (κ2) is 10.2. The van der Waals surface area contributed by atoms with Crippen molar-refractivity contribution >= 4 is 46.4 Å². The molecule has 0 bridgehead atoms. The van der Waals surface area contributed by atoms with Crippen LogP contribution in [-0.2, 0) is 4.79 Å². The van der Waals surface area contributed by atoms with Crippen molar-refractivity contribution in [2.75, 3.05) is 36.4 Å². The van der Waals surface area contributed by atoms with Crippen molar-refractivity contribution in [1.82, 2.24) is 4.90 Å². The number of benzene rings is 4. The number of piperazine rings is 1. The van der Waals surface area contributed by atoms with E-state index in [0.29, 0.717) is 34.4 Å². The van der Waals surface area contributed by atoms with Gasteiger partial charge < -0.3 is 15.1 Å². The minimum absolute atomic E-state index is 0.169. The van der Waals surface area contributed by atoms with E-state index in [-0.39, 0.29) is 17.7 Å². The summed E-state index contributed by atoms with van der Waals surface area (Å²) in [5.41, 5.74) is 6.70. The van der Waals surface area contributed by atoms with Gasteiger partial charge >= 0.3 is 0 Å². The third kappa shape index (κ3) is 4.53. The number of fused-ring (bicyclic) bond motifs is 3. The highest BCUT2D eigenvalue weighted by atomic mass is 35.5. The van der Waals surface area contributed by atoms with Crippen LogP contribution in [0.4, 0.5) is 11.4 Å². The Balaban J connectivity index is 1.10. The van der Waals surface area contributed by atoms with Crippen LogP contribution < -0.4 is 10.2 Å². The summed E-state index contributed by atoms with van der Waals surface area (Å²) in [5, 5.41) is 3.64. The quantitative estimate of drug-likeness (QED) is 0.312. The Morgan fingerprint density at radius 3 is 1.92 bits per heavy atom. The van der Waals surface area contributed by atoms with Gasteiger partial charge in [-0.25, -0.2) is 0 Å². The first-order valence-electron chi connectivity index (χ1n) is 12.6. The number of nitrogens with zero attached hydrogens (tertiary/aromatic N) is 2. The van der Waals surface area contributed by atoms with Crippen molar-refractivity contribution in [3.8, 4) is 11.1 Å². The maximum absolute atomic E-state index is 13.7. The van der Waals surface area contributed by atoms with E-state index in [4.69, 9.17) is 23.2 Å². The Labute approximate surface area is 231 Å². The maximum atomic E-state index is 13.7. The number of carbonyl (C=O) groups is 2. The average molecular weight is 542 g/mol. The largest absolute Gasteiger partial charge is 0.368 e. The van der Waals surface area contributed by atoms with Gasteiger partial charge in [0.1, 0.15) is 0 Å². The predicted molar refractivity (Wildman–Crippen MR) is 153 cm³/mol. The van der Waals surface area contributed by atoms with Crippen molar-refractivity contribution in [2.45, 2.75) is 5.92 Å². The molecular formula is C31H25Cl2N3O2. The summed E-state index contributed by atoms with van der Waals surface area (Å²) in [7, 11) is 0. The third-order valence-corrected chi connectivity index (χ3v) is 8.08. The molecule has 2 amide bonds. The molecule has 0 radical (unpaired) electrons. The summed E-state index contributed by atoms with van der Waals surface area (Å²) >= 11 is 12.0. The van der Waals surface area contributed by atoms with E-state index in [1.165, 1.54) is 0 Å². The molecular weight excluding hydrogens is 517 g/mol. The second-order valence-electron chi connectivity index (χ2n) is 9.55. The van der Waals surface area contributed by atoms with E-state index in [1.807, 2.05) is 53.4 Å². The number of amides is 2. The number of anilines is 2. The van der Waals surface area contributed by atoms with Crippen LogP contribution >= 0.6 is 23.2 Å². The lowest BCUT2D eigenvalue weighted by Crippen LogP contribution is -2.50. The molecule has 4 aromatic rings. The summed E-state index contributed by atoms with van der Waals surface area (Å²) in [6.07, 6.45) is 0. The minimum Gasteiger partial charge on any atom is -0.368 e. The van der Waals surface area contributed by atoms with E-state index in [9.17, 15) is 9.59 Å². The molecule has 5 nitrogen and oxygen atoms in total. The zero-order valence-corrected chi connectivity index (χ0v) is 22.0. The molecule has 0 unspecified atom stereocenters. The van der Waals surface area contributed by atoms with Crippen LogP contribution in [0.3, 0.4) is 0 Å². The fourth-order valence-corrected chi connectivity index (χ4v) is 5.68. The van der Waals surface area contributed by atoms with E-state index >= 15 is 0 Å². The fraction of sp³-hybridized carbons (Fsp3) is 0.161. The normalized spacial score (nSPS) is 14.7. The third-order valence-electron chi connectivity index (χ3n) is 7.34. The van der Waals surface area contributed by atoms with Crippen LogP contribution in [-0.4, -0.2) is 42.9 Å². The monoisotopic (exact) mass is 541 g/mol. The molecule has 4 aromatic carbocycles. The summed E-state index contributed by atoms with van der Waals surface area (Å²) < 4.78 is 0. The average Bonchev–Trinajstić information content (AvgIpc) is 3.29. The number of hydrogen-bond acceptors (Lipinski definition) is 3. The molecule has 6 rings (SSSR count). The topological polar surface area (TPSA) is 52.7 Å². The molecule has 38 heavy (non-hydrogen) atoms. The molecule has 2 aliphatic rings. The maximum Gasteiger partial charge on any atom is 0.255 e. The highest BCUT2D eigenvalue weighted by molar-refractivity contribution is 6.42. The lowest BCUT2D eigenvalue weighted by Gasteiger charge is -2.37. The van der Waals surface area contributed by atoms with E-state index in [1.54, 1.807) is 18.2 Å². The first kappa shape index (κ1) is 24.5. The van der Waals surface area contributed by atoms with Gasteiger partial charge in [0, 0.05) is 43.1 Å². The first-order chi connectivity index (χ1) is 18.5. The van der Waals surface area contributed by atoms with Crippen molar-refractivity contribution in [3.63, 3.8) is 0 Å². The highest BCUT2D eigenvalue weighted by Gasteiger charge is 2.36. The standard InChI is InChI=1S/C31H25Cl2N3O2/c32-27-14-9-20(19-28(27)33)30(37)34-21-10-12-22(13-11-21)35-15-17-36(18-16-35)31(38)29-25-7-3-1-5-23(25)24-6-2-4-8-26(24)29/h1-14,19,29H,15-18H2,(H,34,37). The van der Waals surface area contributed by atoms with Gasteiger partial charge in [-0.15, -0.1) is 0 Å². The van der Waals surface area contributed by atoms with Gasteiger partial charge in [0.15, 0.2) is 0 Å². The lowest BCUT2D eigenvalue weighted by molar-refractivity contribution is -0.132. The van der Waals surface area contributed by atoms with Crippen molar-refractivity contribution < 1.29 is 9.59 Å². The molecule has 0 aromatic heterocycles. The highest BCUT2D eigenvalue weighted by Crippen LogP contribution is 2.45. The van der Waals surface area contributed by atoms with Gasteiger partial charge in [0.25, 0.3) is 5.91 Å². The molecule has 1 N–H and O–H groups in total. The number of rotatable bonds is 4. The Morgan fingerprint density at radius 2 is 1.32 bits per heavy atom. The van der Waals surface area contributed by atoms with Crippen LogP contribution in [0.1, 0.15) is 27.4 Å². The Kier molecular flexibility index (Phi) is 6.56. The lowest BCUT2D eigenvalue weighted by atomic mass is 9.95. The van der Waals surface area contributed by atoms with Crippen molar-refractivity contribution in [3.05, 3.63) is 118 Å². The van der Waals surface area contributed by atoms with Crippen LogP contribution in [0.15, 0.2) is 91.0 Å². The van der Waals surface area contributed by atoms with E-state index < -0.39 is 0 Å². The molecule has 0 atom stereocenters. The van der Waals surface area contributed by atoms with Gasteiger partial charge in [-0.2, -0.15) is 0 Å². The summed E-state index contributed by atoms with van der Waals surface area (Å²) in [6, 6.07) is 29.0. The van der Waals surface area contributed by atoms with Gasteiger partial charge in [-0.05, 0) is 64.7 Å². The summed E-state index contributed by atoms with van der Waals surface area (Å²) in [5.74, 6) is -0.326. The van der Waals surface area contributed by atoms with Crippen LogP contribution in [0, 0.1) is 0 Å². The van der Waals surface area contributed by atoms with E-state index in [0.717, 1.165) is 41.0 Å². The van der Waals surface area contributed by atoms with Crippen LogP contribution in [0.25, 0.3) is 11.1 Å². The van der Waals surface area contributed by atoms with Gasteiger partial charge in [-0.3, -0.25) is 9.59 Å². The minimum atomic E-state index is -0.251. The predicted octanol–water partition coefficient (Wildman–Crippen LogP) is 6.71. The van der Waals surface area contributed by atoms with Gasteiger partial charge in [0.2, 0.25) is 5.91 Å². The molecule has 1 fully saturated rings. The number of carbonyl (C=O) groups excluding carboxylic acids is 2. The Hall–Kier alpha value is -3.80. The zero-order valence-electron chi connectivity index (χ0n) is 20.5. The zero-order chi connectivity index (χ0) is 26.2. The number of nitrogens with one attached hydrogen (secondary N) is 1. The van der Waals surface area contributed by atoms with Gasteiger partial charge in [-0.1, -0.05) is 71.7 Å². The van der Waals surface area contributed by atoms with Crippen molar-refractivity contribution in [1.29, 1.82) is 0 Å². The Bertz CT molecular complexity index is 1480.